The summed E-state index contributed by atoms with van der Waals surface area (Å²) in [5, 5.41) is 10.6. The highest BCUT2D eigenvalue weighted by Crippen LogP contribution is 2.22. The van der Waals surface area contributed by atoms with E-state index < -0.39 is 18.4 Å². The highest BCUT2D eigenvalue weighted by atomic mass is 16.4. The molecule has 1 aromatic heterocycles. The molecule has 0 spiro atoms. The molecule has 1 aromatic carbocycles. The fraction of sp³-hybridized carbons (Fsp3) is 0.0667. The standard InChI is InChI=1S/C15H13NO4/c17-14(16-10-15(18)19)9-7-12-6-8-13(20-12)11-4-2-1-3-5-11/h1-9H,10H2,(H,16,17)(H,18,19)/b9-7+. The second-order valence-corrected chi connectivity index (χ2v) is 4.01. The Kier molecular flexibility index (Phi) is 4.34. The van der Waals surface area contributed by atoms with Gasteiger partial charge in [-0.25, -0.2) is 0 Å². The van der Waals surface area contributed by atoms with E-state index in [0.717, 1.165) is 5.56 Å². The summed E-state index contributed by atoms with van der Waals surface area (Å²) in [5.74, 6) is -0.341. The number of amides is 1. The summed E-state index contributed by atoms with van der Waals surface area (Å²) in [6.45, 7) is -0.406. The van der Waals surface area contributed by atoms with Gasteiger partial charge in [-0.3, -0.25) is 9.59 Å². The van der Waals surface area contributed by atoms with E-state index in [-0.39, 0.29) is 0 Å². The average Bonchev–Trinajstić information content (AvgIpc) is 2.93. The van der Waals surface area contributed by atoms with E-state index in [0.29, 0.717) is 11.5 Å². The second-order valence-electron chi connectivity index (χ2n) is 4.01. The fourth-order valence-corrected chi connectivity index (χ4v) is 1.58. The van der Waals surface area contributed by atoms with Crippen molar-refractivity contribution < 1.29 is 19.1 Å². The van der Waals surface area contributed by atoms with Gasteiger partial charge in [0.1, 0.15) is 18.1 Å². The van der Waals surface area contributed by atoms with Crippen LogP contribution in [0.2, 0.25) is 0 Å². The van der Waals surface area contributed by atoms with Crippen LogP contribution in [0.15, 0.2) is 53.0 Å². The fourth-order valence-electron chi connectivity index (χ4n) is 1.58. The number of carbonyl (C=O) groups is 2. The smallest absolute Gasteiger partial charge is 0.322 e. The molecular weight excluding hydrogens is 258 g/mol. The quantitative estimate of drug-likeness (QED) is 0.817. The van der Waals surface area contributed by atoms with Gasteiger partial charge in [-0.15, -0.1) is 0 Å². The zero-order chi connectivity index (χ0) is 14.4. The predicted molar refractivity (Wildman–Crippen MR) is 73.8 cm³/mol. The molecule has 0 atom stereocenters. The third-order valence-corrected chi connectivity index (χ3v) is 2.50. The molecule has 0 aliphatic carbocycles. The monoisotopic (exact) mass is 271 g/mol. The van der Waals surface area contributed by atoms with Crippen molar-refractivity contribution in [2.24, 2.45) is 0 Å². The van der Waals surface area contributed by atoms with E-state index in [1.807, 2.05) is 36.4 Å². The third-order valence-electron chi connectivity index (χ3n) is 2.50. The first-order chi connectivity index (χ1) is 9.65. The summed E-state index contributed by atoms with van der Waals surface area (Å²) in [5.41, 5.74) is 0.947. The highest BCUT2D eigenvalue weighted by Gasteiger charge is 2.03. The van der Waals surface area contributed by atoms with Crippen LogP contribution in [0.1, 0.15) is 5.76 Å². The van der Waals surface area contributed by atoms with E-state index >= 15 is 0 Å². The molecule has 0 bridgehead atoms. The Morgan fingerprint density at radius 2 is 1.90 bits per heavy atom. The largest absolute Gasteiger partial charge is 0.480 e. The number of rotatable bonds is 5. The first kappa shape index (κ1) is 13.6. The van der Waals surface area contributed by atoms with Crippen molar-refractivity contribution in [3.63, 3.8) is 0 Å². The molecule has 5 nitrogen and oxygen atoms in total. The number of carbonyl (C=O) groups excluding carboxylic acids is 1. The van der Waals surface area contributed by atoms with Crippen LogP contribution in [-0.2, 0) is 9.59 Å². The van der Waals surface area contributed by atoms with Gasteiger partial charge >= 0.3 is 5.97 Å². The molecule has 0 unspecified atom stereocenters. The van der Waals surface area contributed by atoms with Crippen LogP contribution in [0.4, 0.5) is 0 Å². The molecule has 0 aliphatic heterocycles. The minimum Gasteiger partial charge on any atom is -0.480 e. The number of hydrogen-bond acceptors (Lipinski definition) is 3. The molecule has 0 aliphatic rings. The molecule has 2 aromatic rings. The van der Waals surface area contributed by atoms with E-state index in [4.69, 9.17) is 9.52 Å². The Bertz CT molecular complexity index is 628. The molecule has 0 saturated heterocycles. The summed E-state index contributed by atoms with van der Waals surface area (Å²) in [6, 6.07) is 13.1. The van der Waals surface area contributed by atoms with Crippen molar-refractivity contribution in [1.29, 1.82) is 0 Å². The van der Waals surface area contributed by atoms with Crippen LogP contribution < -0.4 is 5.32 Å². The van der Waals surface area contributed by atoms with Crippen molar-refractivity contribution in [3.05, 3.63) is 54.3 Å². The summed E-state index contributed by atoms with van der Waals surface area (Å²) in [6.07, 6.45) is 2.72. The SMILES string of the molecule is O=C(O)CNC(=O)/C=C/c1ccc(-c2ccccc2)o1. The first-order valence-corrected chi connectivity index (χ1v) is 5.98. The molecule has 102 valence electrons. The lowest BCUT2D eigenvalue weighted by Gasteiger charge is -1.96. The van der Waals surface area contributed by atoms with Gasteiger partial charge in [-0.2, -0.15) is 0 Å². The predicted octanol–water partition coefficient (Wildman–Crippen LogP) is 2.16. The summed E-state index contributed by atoms with van der Waals surface area (Å²) in [4.78, 5) is 21.6. The molecule has 20 heavy (non-hydrogen) atoms. The molecule has 0 fully saturated rings. The molecule has 0 radical (unpaired) electrons. The van der Waals surface area contributed by atoms with Crippen LogP contribution in [0.3, 0.4) is 0 Å². The minimum atomic E-state index is -1.09. The molecule has 5 heteroatoms. The van der Waals surface area contributed by atoms with Crippen LogP contribution in [0.25, 0.3) is 17.4 Å². The number of furan rings is 1. The maximum Gasteiger partial charge on any atom is 0.322 e. The van der Waals surface area contributed by atoms with Crippen molar-refractivity contribution in [2.75, 3.05) is 6.54 Å². The van der Waals surface area contributed by atoms with Gasteiger partial charge in [0.05, 0.1) is 0 Å². The lowest BCUT2D eigenvalue weighted by Crippen LogP contribution is -2.27. The Morgan fingerprint density at radius 1 is 1.15 bits per heavy atom. The Morgan fingerprint density at radius 3 is 2.60 bits per heavy atom. The molecule has 1 heterocycles. The van der Waals surface area contributed by atoms with Crippen molar-refractivity contribution in [2.45, 2.75) is 0 Å². The lowest BCUT2D eigenvalue weighted by atomic mass is 10.2. The van der Waals surface area contributed by atoms with E-state index in [9.17, 15) is 9.59 Å². The summed E-state index contributed by atoms with van der Waals surface area (Å²) in [7, 11) is 0. The third kappa shape index (κ3) is 3.84. The summed E-state index contributed by atoms with van der Waals surface area (Å²) < 4.78 is 5.56. The van der Waals surface area contributed by atoms with E-state index in [2.05, 4.69) is 5.32 Å². The average molecular weight is 271 g/mol. The van der Waals surface area contributed by atoms with Crippen LogP contribution >= 0.6 is 0 Å². The number of carboxylic acid groups (broad SMARTS) is 1. The van der Waals surface area contributed by atoms with Crippen molar-refractivity contribution in [1.82, 2.24) is 5.32 Å². The Labute approximate surface area is 115 Å². The number of carboxylic acids is 1. The minimum absolute atomic E-state index is 0.406. The van der Waals surface area contributed by atoms with E-state index in [1.165, 1.54) is 12.2 Å². The zero-order valence-electron chi connectivity index (χ0n) is 10.6. The number of hydrogen-bond donors (Lipinski definition) is 2. The Hall–Kier alpha value is -2.82. The van der Waals surface area contributed by atoms with Gasteiger partial charge in [0.2, 0.25) is 5.91 Å². The van der Waals surface area contributed by atoms with E-state index in [1.54, 1.807) is 6.07 Å². The number of nitrogens with one attached hydrogen (secondary N) is 1. The molecule has 2 rings (SSSR count). The molecule has 1 amide bonds. The first-order valence-electron chi connectivity index (χ1n) is 5.98. The number of aliphatic carboxylic acids is 1. The normalized spacial score (nSPS) is 10.6. The highest BCUT2D eigenvalue weighted by molar-refractivity contribution is 5.93. The topological polar surface area (TPSA) is 79.5 Å². The van der Waals surface area contributed by atoms with Gasteiger partial charge in [0, 0.05) is 11.6 Å². The molecule has 2 N–H and O–H groups in total. The molecule has 0 saturated carbocycles. The number of benzene rings is 1. The van der Waals surface area contributed by atoms with Crippen LogP contribution in [0.5, 0.6) is 0 Å². The zero-order valence-corrected chi connectivity index (χ0v) is 10.6. The van der Waals surface area contributed by atoms with Crippen LogP contribution in [-0.4, -0.2) is 23.5 Å². The van der Waals surface area contributed by atoms with Gasteiger partial charge in [-0.1, -0.05) is 30.3 Å². The summed E-state index contributed by atoms with van der Waals surface area (Å²) >= 11 is 0. The van der Waals surface area contributed by atoms with Crippen molar-refractivity contribution >= 4 is 18.0 Å². The second kappa shape index (κ2) is 6.38. The van der Waals surface area contributed by atoms with Gasteiger partial charge < -0.3 is 14.8 Å². The Balaban J connectivity index is 1.99. The molecular formula is C15H13NO4. The van der Waals surface area contributed by atoms with Crippen molar-refractivity contribution in [3.8, 4) is 11.3 Å². The van der Waals surface area contributed by atoms with Gasteiger partial charge in [0.15, 0.2) is 0 Å². The van der Waals surface area contributed by atoms with Gasteiger partial charge in [0.25, 0.3) is 0 Å². The maximum atomic E-state index is 11.3. The lowest BCUT2D eigenvalue weighted by molar-refractivity contribution is -0.137. The maximum absolute atomic E-state index is 11.3. The van der Waals surface area contributed by atoms with Crippen LogP contribution in [0, 0.1) is 0 Å². The van der Waals surface area contributed by atoms with Gasteiger partial charge in [-0.05, 0) is 18.2 Å².